The Balaban J connectivity index is 1.55. The molecule has 1 saturated heterocycles. The van der Waals surface area contributed by atoms with Gasteiger partial charge in [0.2, 0.25) is 0 Å². The van der Waals surface area contributed by atoms with Crippen molar-refractivity contribution < 1.29 is 8.91 Å². The number of benzene rings is 1. The molecule has 0 N–H and O–H groups in total. The van der Waals surface area contributed by atoms with Crippen LogP contribution in [0.5, 0.6) is 0 Å². The number of hydrogen-bond donors (Lipinski definition) is 0. The van der Waals surface area contributed by atoms with Crippen LogP contribution < -0.4 is 0 Å². The third kappa shape index (κ3) is 3.83. The van der Waals surface area contributed by atoms with E-state index >= 15 is 0 Å². The highest BCUT2D eigenvalue weighted by molar-refractivity contribution is 5.57. The van der Waals surface area contributed by atoms with Crippen molar-refractivity contribution in [2.75, 3.05) is 6.54 Å². The van der Waals surface area contributed by atoms with Gasteiger partial charge in [-0.15, -0.1) is 0 Å². The maximum atomic E-state index is 13.7. The molecule has 1 aromatic carbocycles. The Bertz CT molecular complexity index is 849. The highest BCUT2D eigenvalue weighted by Gasteiger charge is 2.24. The van der Waals surface area contributed by atoms with Crippen molar-refractivity contribution in [1.29, 1.82) is 0 Å². The van der Waals surface area contributed by atoms with Crippen molar-refractivity contribution in [2.45, 2.75) is 38.3 Å². The Morgan fingerprint density at radius 2 is 2.08 bits per heavy atom. The predicted molar refractivity (Wildman–Crippen MR) is 97.8 cm³/mol. The fourth-order valence-corrected chi connectivity index (χ4v) is 3.69. The summed E-state index contributed by atoms with van der Waals surface area (Å²) < 4.78 is 19.3. The zero-order valence-corrected chi connectivity index (χ0v) is 14.6. The van der Waals surface area contributed by atoms with Gasteiger partial charge in [-0.1, -0.05) is 30.1 Å². The minimum atomic E-state index is -0.176. The summed E-state index contributed by atoms with van der Waals surface area (Å²) in [5.74, 6) is 0.650. The number of halogens is 1. The van der Waals surface area contributed by atoms with Crippen LogP contribution in [-0.4, -0.2) is 21.6 Å². The van der Waals surface area contributed by atoms with E-state index in [0.29, 0.717) is 6.54 Å². The average molecular weight is 351 g/mol. The van der Waals surface area contributed by atoms with Crippen LogP contribution in [0.4, 0.5) is 4.39 Å². The number of likely N-dealkylation sites (tertiary alicyclic amines) is 1. The lowest BCUT2D eigenvalue weighted by Gasteiger charge is -2.29. The Morgan fingerprint density at radius 1 is 1.12 bits per heavy atom. The molecule has 4 rings (SSSR count). The van der Waals surface area contributed by atoms with Crippen LogP contribution in [0.15, 0.2) is 59.4 Å². The number of pyridine rings is 1. The lowest BCUT2D eigenvalue weighted by atomic mass is 10.0. The predicted octanol–water partition coefficient (Wildman–Crippen LogP) is 4.99. The van der Waals surface area contributed by atoms with Gasteiger partial charge in [0, 0.05) is 30.1 Å². The van der Waals surface area contributed by atoms with Gasteiger partial charge in [0.1, 0.15) is 11.5 Å². The number of rotatable bonds is 4. The van der Waals surface area contributed by atoms with E-state index in [1.807, 2.05) is 24.3 Å². The summed E-state index contributed by atoms with van der Waals surface area (Å²) in [6.07, 6.45) is 8.07. The average Bonchev–Trinajstić information content (AvgIpc) is 3.01. The standard InChI is InChI=1S/C21H22FN3O/c22-18-8-4-6-16(12-18)21-9-2-1-3-11-25(21)15-19-13-20(24-26-19)17-7-5-10-23-14-17/h4-8,10,12-14,21H,1-3,9,11,15H2/t21-/m0/s1. The van der Waals surface area contributed by atoms with Crippen molar-refractivity contribution in [3.05, 3.63) is 72.0 Å². The monoisotopic (exact) mass is 351 g/mol. The molecule has 0 unspecified atom stereocenters. The molecule has 3 aromatic rings. The Morgan fingerprint density at radius 3 is 2.92 bits per heavy atom. The quantitative estimate of drug-likeness (QED) is 0.664. The fraction of sp³-hybridized carbons (Fsp3) is 0.333. The molecule has 1 atom stereocenters. The van der Waals surface area contributed by atoms with Crippen molar-refractivity contribution in [2.24, 2.45) is 0 Å². The molecule has 0 spiro atoms. The second kappa shape index (κ2) is 7.79. The molecule has 3 heterocycles. The summed E-state index contributed by atoms with van der Waals surface area (Å²) in [6, 6.07) is 13.0. The molecular weight excluding hydrogens is 329 g/mol. The van der Waals surface area contributed by atoms with E-state index in [2.05, 4.69) is 15.0 Å². The molecular formula is C21H22FN3O. The first-order valence-electron chi connectivity index (χ1n) is 9.15. The SMILES string of the molecule is Fc1cccc([C@@H]2CCCCCN2Cc2cc(-c3cccnc3)no2)c1. The summed E-state index contributed by atoms with van der Waals surface area (Å²) >= 11 is 0. The first-order chi connectivity index (χ1) is 12.8. The van der Waals surface area contributed by atoms with Crippen LogP contribution in [0.3, 0.4) is 0 Å². The summed E-state index contributed by atoms with van der Waals surface area (Å²) in [7, 11) is 0. The summed E-state index contributed by atoms with van der Waals surface area (Å²) in [4.78, 5) is 6.51. The van der Waals surface area contributed by atoms with Gasteiger partial charge in [-0.25, -0.2) is 4.39 Å². The van der Waals surface area contributed by atoms with E-state index in [1.54, 1.807) is 24.5 Å². The Labute approximate surface area is 152 Å². The fourth-order valence-electron chi connectivity index (χ4n) is 3.69. The first kappa shape index (κ1) is 16.9. The van der Waals surface area contributed by atoms with Gasteiger partial charge < -0.3 is 4.52 Å². The van der Waals surface area contributed by atoms with Gasteiger partial charge >= 0.3 is 0 Å². The molecule has 0 saturated carbocycles. The first-order valence-corrected chi connectivity index (χ1v) is 9.15. The lowest BCUT2D eigenvalue weighted by molar-refractivity contribution is 0.171. The summed E-state index contributed by atoms with van der Waals surface area (Å²) in [5, 5.41) is 4.19. The van der Waals surface area contributed by atoms with Gasteiger partial charge in [0.05, 0.1) is 6.54 Å². The number of hydrogen-bond acceptors (Lipinski definition) is 4. The maximum Gasteiger partial charge on any atom is 0.151 e. The van der Waals surface area contributed by atoms with Gasteiger partial charge in [-0.2, -0.15) is 0 Å². The Hall–Kier alpha value is -2.53. The molecule has 26 heavy (non-hydrogen) atoms. The van der Waals surface area contributed by atoms with Crippen molar-refractivity contribution in [3.8, 4) is 11.3 Å². The molecule has 0 bridgehead atoms. The molecule has 134 valence electrons. The molecule has 1 aliphatic heterocycles. The lowest BCUT2D eigenvalue weighted by Crippen LogP contribution is -2.28. The van der Waals surface area contributed by atoms with E-state index in [0.717, 1.165) is 48.4 Å². The second-order valence-electron chi connectivity index (χ2n) is 6.81. The van der Waals surface area contributed by atoms with Gasteiger partial charge in [-0.05, 0) is 49.2 Å². The molecule has 1 fully saturated rings. The van der Waals surface area contributed by atoms with Crippen LogP contribution in [0.2, 0.25) is 0 Å². The van der Waals surface area contributed by atoms with Crippen LogP contribution in [0.25, 0.3) is 11.3 Å². The molecule has 0 amide bonds. The molecule has 4 nitrogen and oxygen atoms in total. The topological polar surface area (TPSA) is 42.2 Å². The molecule has 0 radical (unpaired) electrons. The van der Waals surface area contributed by atoms with Crippen LogP contribution >= 0.6 is 0 Å². The molecule has 0 aliphatic carbocycles. The van der Waals surface area contributed by atoms with Crippen LogP contribution in [0.1, 0.15) is 43.0 Å². The molecule has 1 aliphatic rings. The van der Waals surface area contributed by atoms with Gasteiger partial charge in [0.15, 0.2) is 5.76 Å². The van der Waals surface area contributed by atoms with Crippen molar-refractivity contribution in [3.63, 3.8) is 0 Å². The zero-order valence-electron chi connectivity index (χ0n) is 14.6. The minimum Gasteiger partial charge on any atom is -0.359 e. The highest BCUT2D eigenvalue weighted by atomic mass is 19.1. The normalized spacial score (nSPS) is 18.6. The molecule has 5 heteroatoms. The number of nitrogens with zero attached hydrogens (tertiary/aromatic N) is 3. The van der Waals surface area contributed by atoms with Crippen molar-refractivity contribution in [1.82, 2.24) is 15.0 Å². The summed E-state index contributed by atoms with van der Waals surface area (Å²) in [5.41, 5.74) is 2.78. The minimum absolute atomic E-state index is 0.176. The van der Waals surface area contributed by atoms with Crippen molar-refractivity contribution >= 4 is 0 Å². The number of aromatic nitrogens is 2. The highest BCUT2D eigenvalue weighted by Crippen LogP contribution is 2.32. The van der Waals surface area contributed by atoms with Crippen LogP contribution in [-0.2, 0) is 6.54 Å². The van der Waals surface area contributed by atoms with Gasteiger partial charge in [-0.3, -0.25) is 9.88 Å². The summed E-state index contributed by atoms with van der Waals surface area (Å²) in [6.45, 7) is 1.65. The van der Waals surface area contributed by atoms with Crippen LogP contribution in [0, 0.1) is 5.82 Å². The third-order valence-corrected chi connectivity index (χ3v) is 4.97. The third-order valence-electron chi connectivity index (χ3n) is 4.97. The smallest absolute Gasteiger partial charge is 0.151 e. The van der Waals surface area contributed by atoms with E-state index in [-0.39, 0.29) is 11.9 Å². The molecule has 2 aromatic heterocycles. The van der Waals surface area contributed by atoms with E-state index < -0.39 is 0 Å². The van der Waals surface area contributed by atoms with E-state index in [9.17, 15) is 4.39 Å². The zero-order chi connectivity index (χ0) is 17.8. The van der Waals surface area contributed by atoms with Gasteiger partial charge in [0.25, 0.3) is 0 Å². The Kier molecular flexibility index (Phi) is 5.07. The largest absolute Gasteiger partial charge is 0.359 e. The second-order valence-corrected chi connectivity index (χ2v) is 6.81. The van der Waals surface area contributed by atoms with E-state index in [4.69, 9.17) is 4.52 Å². The van der Waals surface area contributed by atoms with E-state index in [1.165, 1.54) is 12.5 Å². The maximum absolute atomic E-state index is 13.7.